The molecule has 8 nitrogen and oxygen atoms in total. The largest absolute Gasteiger partial charge is 0.332 e. The summed E-state index contributed by atoms with van der Waals surface area (Å²) < 4.78 is 20.0. The van der Waals surface area contributed by atoms with Crippen LogP contribution >= 0.6 is 0 Å². The summed E-state index contributed by atoms with van der Waals surface area (Å²) in [5, 5.41) is 4.47. The number of nitrogens with zero attached hydrogens (tertiary/aromatic N) is 6. The number of aromatic nitrogens is 6. The van der Waals surface area contributed by atoms with E-state index in [1.54, 1.807) is 34.5 Å². The molecule has 0 amide bonds. The van der Waals surface area contributed by atoms with Crippen molar-refractivity contribution >= 4 is 11.2 Å². The fourth-order valence-corrected chi connectivity index (χ4v) is 3.59. The Hall–Kier alpha value is -3.75. The first-order valence-corrected chi connectivity index (χ1v) is 9.41. The number of halogens is 1. The van der Waals surface area contributed by atoms with Crippen molar-refractivity contribution < 1.29 is 4.39 Å². The molecule has 0 spiro atoms. The van der Waals surface area contributed by atoms with Crippen LogP contribution in [0.15, 0.2) is 52.6 Å². The highest BCUT2D eigenvalue weighted by molar-refractivity contribution is 5.73. The summed E-state index contributed by atoms with van der Waals surface area (Å²) in [6.45, 7) is 7.44. The fourth-order valence-electron chi connectivity index (χ4n) is 3.59. The lowest BCUT2D eigenvalue weighted by molar-refractivity contribution is 0.595. The summed E-state index contributed by atoms with van der Waals surface area (Å²) in [5.41, 5.74) is 1.37. The molecule has 0 fully saturated rings. The molecule has 154 valence electrons. The monoisotopic (exact) mass is 408 g/mol. The third-order valence-corrected chi connectivity index (χ3v) is 5.01. The molecule has 9 heteroatoms. The van der Waals surface area contributed by atoms with Gasteiger partial charge in [0.2, 0.25) is 5.95 Å². The average molecular weight is 408 g/mol. The molecule has 4 rings (SSSR count). The van der Waals surface area contributed by atoms with E-state index in [4.69, 9.17) is 0 Å². The summed E-state index contributed by atoms with van der Waals surface area (Å²) in [7, 11) is 1.55. The minimum Gasteiger partial charge on any atom is -0.298 e. The maximum Gasteiger partial charge on any atom is 0.332 e. The molecule has 0 N–H and O–H groups in total. The van der Waals surface area contributed by atoms with Crippen molar-refractivity contribution in [2.24, 2.45) is 7.05 Å². The van der Waals surface area contributed by atoms with Crippen molar-refractivity contribution in [3.05, 3.63) is 86.6 Å². The summed E-state index contributed by atoms with van der Waals surface area (Å²) in [5.74, 6) is -0.0581. The lowest BCUT2D eigenvalue weighted by Crippen LogP contribution is -2.39. The van der Waals surface area contributed by atoms with Gasteiger partial charge in [0.15, 0.2) is 11.2 Å². The van der Waals surface area contributed by atoms with Gasteiger partial charge in [0.1, 0.15) is 5.82 Å². The molecule has 0 atom stereocenters. The van der Waals surface area contributed by atoms with Crippen LogP contribution in [0.1, 0.15) is 17.0 Å². The van der Waals surface area contributed by atoms with E-state index in [-0.39, 0.29) is 24.3 Å². The molecule has 3 aromatic heterocycles. The Kier molecular flexibility index (Phi) is 4.73. The van der Waals surface area contributed by atoms with E-state index in [0.29, 0.717) is 11.5 Å². The molecule has 0 aliphatic carbocycles. The molecule has 0 aliphatic heterocycles. The van der Waals surface area contributed by atoms with Crippen LogP contribution in [0.4, 0.5) is 4.39 Å². The highest BCUT2D eigenvalue weighted by Crippen LogP contribution is 2.20. The van der Waals surface area contributed by atoms with Gasteiger partial charge in [-0.2, -0.15) is 10.1 Å². The topological polar surface area (TPSA) is 79.6 Å². The van der Waals surface area contributed by atoms with Gasteiger partial charge in [-0.05, 0) is 26.0 Å². The van der Waals surface area contributed by atoms with Crippen LogP contribution in [0.25, 0.3) is 17.1 Å². The van der Waals surface area contributed by atoms with Gasteiger partial charge in [0, 0.05) is 24.8 Å². The number of allylic oxidation sites excluding steroid dienone is 1. The van der Waals surface area contributed by atoms with Gasteiger partial charge in [0.25, 0.3) is 5.56 Å². The molecule has 0 saturated carbocycles. The first kappa shape index (κ1) is 19.6. The maximum absolute atomic E-state index is 14.4. The third kappa shape index (κ3) is 2.99. The SMILES string of the molecule is C=CCn1c(=O)c2c(nc(-n3nc(C)cc3C)n2Cc2ccccc2F)n(C)c1=O. The van der Waals surface area contributed by atoms with Crippen LogP contribution < -0.4 is 11.2 Å². The fraction of sp³-hybridized carbons (Fsp3) is 0.238. The van der Waals surface area contributed by atoms with Crippen molar-refractivity contribution in [3.63, 3.8) is 0 Å². The van der Waals surface area contributed by atoms with E-state index in [2.05, 4.69) is 16.7 Å². The van der Waals surface area contributed by atoms with Crippen LogP contribution in [0.2, 0.25) is 0 Å². The standard InChI is InChI=1S/C21H21FN6O2/c1-5-10-26-19(29)17-18(25(4)21(26)30)23-20(28-14(3)11-13(2)24-28)27(17)12-15-8-6-7-9-16(15)22/h5-9,11H,1,10,12H2,2-4H3. The second kappa shape index (κ2) is 7.25. The van der Waals surface area contributed by atoms with Gasteiger partial charge in [-0.25, -0.2) is 13.9 Å². The molecule has 0 saturated heterocycles. The van der Waals surface area contributed by atoms with Crippen molar-refractivity contribution in [1.82, 2.24) is 28.5 Å². The van der Waals surface area contributed by atoms with Crippen molar-refractivity contribution in [2.45, 2.75) is 26.9 Å². The zero-order valence-electron chi connectivity index (χ0n) is 17.0. The van der Waals surface area contributed by atoms with Gasteiger partial charge in [-0.15, -0.1) is 6.58 Å². The molecule has 0 aliphatic rings. The Balaban J connectivity index is 2.12. The lowest BCUT2D eigenvalue weighted by atomic mass is 10.2. The van der Waals surface area contributed by atoms with E-state index in [1.807, 2.05) is 19.9 Å². The van der Waals surface area contributed by atoms with Crippen LogP contribution in [-0.2, 0) is 20.1 Å². The van der Waals surface area contributed by atoms with E-state index in [1.165, 1.54) is 16.7 Å². The zero-order chi connectivity index (χ0) is 21.6. The maximum atomic E-state index is 14.4. The summed E-state index contributed by atoms with van der Waals surface area (Å²) >= 11 is 0. The van der Waals surface area contributed by atoms with Gasteiger partial charge < -0.3 is 0 Å². The second-order valence-corrected chi connectivity index (χ2v) is 7.15. The molecule has 1 aromatic carbocycles. The van der Waals surface area contributed by atoms with Crippen molar-refractivity contribution in [3.8, 4) is 5.95 Å². The molecule has 4 aromatic rings. The number of hydrogen-bond acceptors (Lipinski definition) is 4. The predicted molar refractivity (Wildman–Crippen MR) is 112 cm³/mol. The molecule has 30 heavy (non-hydrogen) atoms. The van der Waals surface area contributed by atoms with Crippen molar-refractivity contribution in [2.75, 3.05) is 0 Å². The van der Waals surface area contributed by atoms with Gasteiger partial charge in [0.05, 0.1) is 12.2 Å². The van der Waals surface area contributed by atoms with Crippen molar-refractivity contribution in [1.29, 1.82) is 0 Å². The number of fused-ring (bicyclic) bond motifs is 1. The van der Waals surface area contributed by atoms with Gasteiger partial charge in [-0.3, -0.25) is 18.5 Å². The van der Waals surface area contributed by atoms with Gasteiger partial charge >= 0.3 is 5.69 Å². The summed E-state index contributed by atoms with van der Waals surface area (Å²) in [6, 6.07) is 8.22. The molecule has 0 unspecified atom stereocenters. The Bertz CT molecular complexity index is 1410. The minimum atomic E-state index is -0.510. The number of hydrogen-bond donors (Lipinski definition) is 0. The Morgan fingerprint density at radius 2 is 1.90 bits per heavy atom. The summed E-state index contributed by atoms with van der Waals surface area (Å²) in [4.78, 5) is 30.5. The smallest absolute Gasteiger partial charge is 0.298 e. The quantitative estimate of drug-likeness (QED) is 0.474. The highest BCUT2D eigenvalue weighted by atomic mass is 19.1. The number of imidazole rings is 1. The summed E-state index contributed by atoms with van der Waals surface area (Å²) in [6.07, 6.45) is 1.48. The minimum absolute atomic E-state index is 0.0540. The number of aryl methyl sites for hydroxylation is 3. The van der Waals surface area contributed by atoms with E-state index in [9.17, 15) is 14.0 Å². The highest BCUT2D eigenvalue weighted by Gasteiger charge is 2.23. The third-order valence-electron chi connectivity index (χ3n) is 5.01. The normalized spacial score (nSPS) is 11.3. The van der Waals surface area contributed by atoms with Crippen LogP contribution in [0.5, 0.6) is 0 Å². The molecule has 0 radical (unpaired) electrons. The van der Waals surface area contributed by atoms with E-state index in [0.717, 1.165) is 16.0 Å². The molecular formula is C21H21FN6O2. The Morgan fingerprint density at radius 1 is 1.17 bits per heavy atom. The number of benzene rings is 1. The van der Waals surface area contributed by atoms with Crippen LogP contribution in [0, 0.1) is 19.7 Å². The first-order chi connectivity index (χ1) is 14.3. The van der Waals surface area contributed by atoms with Gasteiger partial charge in [-0.1, -0.05) is 24.3 Å². The average Bonchev–Trinajstić information content (AvgIpc) is 3.24. The first-order valence-electron chi connectivity index (χ1n) is 9.41. The zero-order valence-corrected chi connectivity index (χ0v) is 17.0. The van der Waals surface area contributed by atoms with Crippen LogP contribution in [0.3, 0.4) is 0 Å². The van der Waals surface area contributed by atoms with Crippen LogP contribution in [-0.4, -0.2) is 28.5 Å². The molecule has 0 bridgehead atoms. The molecular weight excluding hydrogens is 387 g/mol. The Labute approximate surface area is 171 Å². The predicted octanol–water partition coefficient (Wildman–Crippen LogP) is 2.07. The second-order valence-electron chi connectivity index (χ2n) is 7.15. The number of rotatable bonds is 5. The van der Waals surface area contributed by atoms with E-state index < -0.39 is 17.1 Å². The van der Waals surface area contributed by atoms with E-state index >= 15 is 0 Å². The Morgan fingerprint density at radius 3 is 2.53 bits per heavy atom. The lowest BCUT2D eigenvalue weighted by Gasteiger charge is -2.11. The molecule has 3 heterocycles.